The van der Waals surface area contributed by atoms with Crippen LogP contribution in [0, 0.1) is 0 Å². The Morgan fingerprint density at radius 2 is 1.85 bits per heavy atom. The fourth-order valence-electron chi connectivity index (χ4n) is 1.40. The summed E-state index contributed by atoms with van der Waals surface area (Å²) in [6.45, 7) is 0. The first-order chi connectivity index (χ1) is 9.36. The van der Waals surface area contributed by atoms with Crippen LogP contribution in [0.15, 0.2) is 28.8 Å². The molecule has 0 spiro atoms. The number of nitrogens with two attached hydrogens (primary N) is 2. The molecule has 9 heteroatoms. The maximum absolute atomic E-state index is 12.3. The molecule has 4 N–H and O–H groups in total. The van der Waals surface area contributed by atoms with Crippen LogP contribution in [-0.4, -0.2) is 15.6 Å². The molecule has 1 aromatic carbocycles. The van der Waals surface area contributed by atoms with Crippen LogP contribution in [0.2, 0.25) is 0 Å². The predicted molar refractivity (Wildman–Crippen MR) is 68.2 cm³/mol. The Morgan fingerprint density at radius 1 is 1.20 bits per heavy atom. The summed E-state index contributed by atoms with van der Waals surface area (Å²) >= 11 is 1.35. The van der Waals surface area contributed by atoms with Crippen molar-refractivity contribution in [1.82, 2.24) is 10.1 Å². The minimum Gasteiger partial charge on any atom is -0.329 e. The van der Waals surface area contributed by atoms with Crippen LogP contribution >= 0.6 is 11.8 Å². The summed E-state index contributed by atoms with van der Waals surface area (Å²) in [5.74, 6) is -0.855. The minimum atomic E-state index is -4.64. The molecule has 0 bridgehead atoms. The van der Waals surface area contributed by atoms with Gasteiger partial charge in [-0.05, 0) is 5.56 Å². The minimum absolute atomic E-state index is 0.105. The highest BCUT2D eigenvalue weighted by atomic mass is 32.2. The van der Waals surface area contributed by atoms with E-state index in [2.05, 4.69) is 14.7 Å². The Labute approximate surface area is 116 Å². The molecule has 5 nitrogen and oxygen atoms in total. The van der Waals surface area contributed by atoms with E-state index in [-0.39, 0.29) is 5.82 Å². The van der Waals surface area contributed by atoms with Crippen LogP contribution in [0.25, 0.3) is 11.4 Å². The van der Waals surface area contributed by atoms with Crippen molar-refractivity contribution in [3.05, 3.63) is 35.7 Å². The summed E-state index contributed by atoms with van der Waals surface area (Å²) in [6.07, 6.45) is -4.64. The summed E-state index contributed by atoms with van der Waals surface area (Å²) in [6, 6.07) is 6.72. The van der Waals surface area contributed by atoms with E-state index in [1.165, 1.54) is 11.8 Å². The van der Waals surface area contributed by atoms with Crippen LogP contribution in [0.4, 0.5) is 13.2 Å². The second kappa shape index (κ2) is 5.81. The van der Waals surface area contributed by atoms with Gasteiger partial charge >= 0.3 is 12.1 Å². The van der Waals surface area contributed by atoms with Gasteiger partial charge in [0.25, 0.3) is 0 Å². The van der Waals surface area contributed by atoms with Gasteiger partial charge in [-0.15, -0.1) is 11.8 Å². The molecule has 20 heavy (non-hydrogen) atoms. The molecule has 0 unspecified atom stereocenters. The number of thioether (sulfide) groups is 1. The molecule has 108 valence electrons. The molecule has 0 saturated heterocycles. The van der Waals surface area contributed by atoms with Gasteiger partial charge in [-0.1, -0.05) is 29.4 Å². The smallest absolute Gasteiger partial charge is 0.329 e. The highest BCUT2D eigenvalue weighted by Gasteiger charge is 2.38. The van der Waals surface area contributed by atoms with Crippen LogP contribution in [0.5, 0.6) is 0 Å². The lowest BCUT2D eigenvalue weighted by Crippen LogP contribution is -2.26. The zero-order chi connectivity index (χ0) is 14.8. The van der Waals surface area contributed by atoms with Gasteiger partial charge in [-0.2, -0.15) is 18.2 Å². The van der Waals surface area contributed by atoms with Gasteiger partial charge in [-0.3, -0.25) is 0 Å². The molecular formula is C11H11F3N4OS. The third-order valence-electron chi connectivity index (χ3n) is 2.32. The Morgan fingerprint density at radius 3 is 2.35 bits per heavy atom. The summed E-state index contributed by atoms with van der Waals surface area (Å²) in [7, 11) is 0. The second-order valence-electron chi connectivity index (χ2n) is 3.89. The van der Waals surface area contributed by atoms with E-state index in [9.17, 15) is 13.2 Å². The first-order valence-electron chi connectivity index (χ1n) is 5.49. The lowest BCUT2D eigenvalue weighted by molar-refractivity contribution is -0.159. The number of hydrogen-bond donors (Lipinski definition) is 2. The Kier molecular flexibility index (Phi) is 4.31. The molecule has 1 heterocycles. The van der Waals surface area contributed by atoms with Crippen molar-refractivity contribution in [3.63, 3.8) is 0 Å². The molecule has 0 aliphatic rings. The molecule has 0 amide bonds. The Balaban J connectivity index is 2.12. The average Bonchev–Trinajstić information content (AvgIpc) is 2.86. The maximum Gasteiger partial charge on any atom is 0.471 e. The van der Waals surface area contributed by atoms with E-state index < -0.39 is 17.6 Å². The summed E-state index contributed by atoms with van der Waals surface area (Å²) in [4.78, 5) is 3.31. The molecule has 0 aliphatic heterocycles. The highest BCUT2D eigenvalue weighted by molar-refractivity contribution is 7.99. The molecule has 1 aromatic heterocycles. The SMILES string of the molecule is NC(N)SCc1ccc(-c2noc(C(F)(F)F)n2)cc1. The first kappa shape index (κ1) is 14.8. The van der Waals surface area contributed by atoms with Crippen molar-refractivity contribution >= 4 is 11.8 Å². The lowest BCUT2D eigenvalue weighted by atomic mass is 10.1. The van der Waals surface area contributed by atoms with Crippen molar-refractivity contribution in [2.45, 2.75) is 17.4 Å². The molecule has 0 aliphatic carbocycles. The summed E-state index contributed by atoms with van der Waals surface area (Å²) in [5.41, 5.74) is 11.7. The third kappa shape index (κ3) is 3.71. The number of aromatic nitrogens is 2. The zero-order valence-electron chi connectivity index (χ0n) is 10.1. The molecule has 2 aromatic rings. The number of rotatable bonds is 4. The summed E-state index contributed by atoms with van der Waals surface area (Å²) < 4.78 is 41.2. The van der Waals surface area contributed by atoms with Gasteiger partial charge in [0.15, 0.2) is 0 Å². The number of alkyl halides is 3. The number of halogens is 3. The fourth-order valence-corrected chi connectivity index (χ4v) is 1.98. The fraction of sp³-hybridized carbons (Fsp3) is 0.273. The number of benzene rings is 1. The molecular weight excluding hydrogens is 293 g/mol. The lowest BCUT2D eigenvalue weighted by Gasteiger charge is -2.05. The Bertz CT molecular complexity index is 568. The molecule has 0 atom stereocenters. The number of hydrogen-bond acceptors (Lipinski definition) is 6. The molecule has 0 fully saturated rings. The summed E-state index contributed by atoms with van der Waals surface area (Å²) in [5, 5.41) is 3.31. The van der Waals surface area contributed by atoms with Gasteiger partial charge in [0.2, 0.25) is 5.82 Å². The monoisotopic (exact) mass is 304 g/mol. The van der Waals surface area contributed by atoms with Gasteiger partial charge < -0.3 is 16.0 Å². The van der Waals surface area contributed by atoms with Crippen molar-refractivity contribution in [1.29, 1.82) is 0 Å². The van der Waals surface area contributed by atoms with Crippen LogP contribution in [-0.2, 0) is 11.9 Å². The van der Waals surface area contributed by atoms with E-state index in [4.69, 9.17) is 11.5 Å². The van der Waals surface area contributed by atoms with Gasteiger partial charge in [0.05, 0.1) is 0 Å². The quantitative estimate of drug-likeness (QED) is 0.841. The van der Waals surface area contributed by atoms with E-state index >= 15 is 0 Å². The van der Waals surface area contributed by atoms with Crippen LogP contribution in [0.1, 0.15) is 11.5 Å². The van der Waals surface area contributed by atoms with E-state index in [1.54, 1.807) is 24.3 Å². The molecule has 0 radical (unpaired) electrons. The van der Waals surface area contributed by atoms with E-state index in [0.29, 0.717) is 11.3 Å². The largest absolute Gasteiger partial charge is 0.471 e. The zero-order valence-corrected chi connectivity index (χ0v) is 10.9. The third-order valence-corrected chi connectivity index (χ3v) is 3.21. The van der Waals surface area contributed by atoms with Crippen molar-refractivity contribution in [2.75, 3.05) is 0 Å². The van der Waals surface area contributed by atoms with Crippen LogP contribution < -0.4 is 11.5 Å². The van der Waals surface area contributed by atoms with E-state index in [0.717, 1.165) is 5.56 Å². The maximum atomic E-state index is 12.3. The second-order valence-corrected chi connectivity index (χ2v) is 5.06. The molecule has 0 saturated carbocycles. The van der Waals surface area contributed by atoms with Crippen molar-refractivity contribution in [2.24, 2.45) is 11.5 Å². The topological polar surface area (TPSA) is 91.0 Å². The van der Waals surface area contributed by atoms with Gasteiger partial charge in [0.1, 0.15) is 5.50 Å². The normalized spacial score (nSPS) is 12.1. The van der Waals surface area contributed by atoms with Gasteiger partial charge in [-0.25, -0.2) is 0 Å². The van der Waals surface area contributed by atoms with Crippen molar-refractivity contribution < 1.29 is 17.7 Å². The first-order valence-corrected chi connectivity index (χ1v) is 6.54. The average molecular weight is 304 g/mol. The van der Waals surface area contributed by atoms with E-state index in [1.807, 2.05) is 0 Å². The standard InChI is InChI=1S/C11H11F3N4OS/c12-11(13,14)9-17-8(18-19-9)7-3-1-6(2-4-7)5-20-10(15)16/h1-4,10H,5,15-16H2. The van der Waals surface area contributed by atoms with Crippen molar-refractivity contribution in [3.8, 4) is 11.4 Å². The molecule has 2 rings (SSSR count). The van der Waals surface area contributed by atoms with Crippen LogP contribution in [0.3, 0.4) is 0 Å². The Hall–Kier alpha value is -1.58. The number of nitrogens with zero attached hydrogens (tertiary/aromatic N) is 2. The van der Waals surface area contributed by atoms with Gasteiger partial charge in [0, 0.05) is 11.3 Å². The predicted octanol–water partition coefficient (Wildman–Crippen LogP) is 2.19. The highest BCUT2D eigenvalue weighted by Crippen LogP contribution is 2.29.